The van der Waals surface area contributed by atoms with Crippen molar-refractivity contribution in [3.8, 4) is 17.5 Å². The predicted octanol–water partition coefficient (Wildman–Crippen LogP) is 1.10. The zero-order valence-electron chi connectivity index (χ0n) is 10.7. The predicted molar refractivity (Wildman–Crippen MR) is 67.4 cm³/mol. The summed E-state index contributed by atoms with van der Waals surface area (Å²) >= 11 is 0. The number of hydrogen-bond acceptors (Lipinski definition) is 6. The van der Waals surface area contributed by atoms with Crippen LogP contribution in [0.25, 0.3) is 11.5 Å². The van der Waals surface area contributed by atoms with Gasteiger partial charge in [0.1, 0.15) is 5.69 Å². The van der Waals surface area contributed by atoms with Gasteiger partial charge in [-0.05, 0) is 12.5 Å². The minimum atomic E-state index is 0.326. The van der Waals surface area contributed by atoms with Crippen LogP contribution in [-0.4, -0.2) is 38.4 Å². The highest BCUT2D eigenvalue weighted by atomic mass is 16.5. The second-order valence-corrected chi connectivity index (χ2v) is 3.70. The van der Waals surface area contributed by atoms with Gasteiger partial charge in [0, 0.05) is 20.3 Å². The molecule has 2 heterocycles. The number of aromatic nitrogens is 5. The summed E-state index contributed by atoms with van der Waals surface area (Å²) in [5, 5.41) is 6.99. The molecule has 0 fully saturated rings. The molecule has 0 amide bonds. The van der Waals surface area contributed by atoms with Crippen LogP contribution < -0.4 is 10.1 Å². The van der Waals surface area contributed by atoms with E-state index in [9.17, 15) is 0 Å². The zero-order chi connectivity index (χ0) is 13.0. The lowest BCUT2D eigenvalue weighted by atomic mass is 10.4. The maximum Gasteiger partial charge on any atom is 0.321 e. The maximum absolute atomic E-state index is 5.44. The second kappa shape index (κ2) is 5.44. The van der Waals surface area contributed by atoms with Crippen molar-refractivity contribution in [3.05, 3.63) is 12.3 Å². The normalized spacial score (nSPS) is 10.4. The molecule has 0 aromatic carbocycles. The zero-order valence-corrected chi connectivity index (χ0v) is 10.7. The monoisotopic (exact) mass is 248 g/mol. The first kappa shape index (κ1) is 12.3. The maximum atomic E-state index is 5.44. The van der Waals surface area contributed by atoms with Gasteiger partial charge in [-0.1, -0.05) is 6.92 Å². The lowest BCUT2D eigenvalue weighted by Gasteiger charge is -2.07. The van der Waals surface area contributed by atoms with E-state index in [1.165, 1.54) is 0 Å². The van der Waals surface area contributed by atoms with Gasteiger partial charge in [-0.3, -0.25) is 4.68 Å². The van der Waals surface area contributed by atoms with Crippen LogP contribution in [0.2, 0.25) is 0 Å². The summed E-state index contributed by atoms with van der Waals surface area (Å²) < 4.78 is 7.15. The average molecular weight is 248 g/mol. The topological polar surface area (TPSA) is 77.8 Å². The first-order valence-electron chi connectivity index (χ1n) is 5.79. The van der Waals surface area contributed by atoms with Gasteiger partial charge in [0.25, 0.3) is 0 Å². The molecule has 2 aromatic heterocycles. The van der Waals surface area contributed by atoms with Crippen molar-refractivity contribution in [2.75, 3.05) is 19.0 Å². The summed E-state index contributed by atoms with van der Waals surface area (Å²) in [4.78, 5) is 12.7. The molecule has 96 valence electrons. The molecule has 0 aliphatic carbocycles. The number of nitrogens with one attached hydrogen (secondary N) is 1. The lowest BCUT2D eigenvalue weighted by Crippen LogP contribution is -2.07. The van der Waals surface area contributed by atoms with E-state index in [2.05, 4.69) is 25.4 Å². The van der Waals surface area contributed by atoms with Crippen LogP contribution in [-0.2, 0) is 7.05 Å². The molecule has 7 heteroatoms. The van der Waals surface area contributed by atoms with Gasteiger partial charge in [-0.25, -0.2) is 0 Å². The van der Waals surface area contributed by atoms with Crippen molar-refractivity contribution >= 4 is 5.95 Å². The number of rotatable bonds is 5. The number of hydrogen-bond donors (Lipinski definition) is 1. The van der Waals surface area contributed by atoms with Crippen LogP contribution in [0.1, 0.15) is 13.3 Å². The molecule has 0 aliphatic rings. The van der Waals surface area contributed by atoms with Gasteiger partial charge in [-0.15, -0.1) is 0 Å². The molecular formula is C11H16N6O. The van der Waals surface area contributed by atoms with Crippen LogP contribution in [0.4, 0.5) is 5.95 Å². The van der Waals surface area contributed by atoms with Crippen molar-refractivity contribution in [3.63, 3.8) is 0 Å². The molecule has 2 aromatic rings. The molecule has 7 nitrogen and oxygen atoms in total. The van der Waals surface area contributed by atoms with Gasteiger partial charge >= 0.3 is 6.01 Å². The van der Waals surface area contributed by atoms with E-state index in [0.717, 1.165) is 12.1 Å². The Morgan fingerprint density at radius 1 is 1.33 bits per heavy atom. The van der Waals surface area contributed by atoms with Crippen LogP contribution in [0.3, 0.4) is 0 Å². The summed E-state index contributed by atoms with van der Waals surface area (Å²) in [7, 11) is 3.59. The van der Waals surface area contributed by atoms with Crippen LogP contribution >= 0.6 is 0 Å². The minimum absolute atomic E-state index is 0.326. The third kappa shape index (κ3) is 2.55. The van der Waals surface area contributed by atoms with Crippen molar-refractivity contribution < 1.29 is 4.74 Å². The number of ether oxygens (including phenoxy) is 1. The van der Waals surface area contributed by atoms with Gasteiger partial charge in [0.2, 0.25) is 5.95 Å². The van der Waals surface area contributed by atoms with E-state index >= 15 is 0 Å². The second-order valence-electron chi connectivity index (χ2n) is 3.70. The molecule has 1 N–H and O–H groups in total. The third-order valence-electron chi connectivity index (χ3n) is 2.32. The Morgan fingerprint density at radius 3 is 2.78 bits per heavy atom. The highest BCUT2D eigenvalue weighted by Crippen LogP contribution is 2.17. The van der Waals surface area contributed by atoms with E-state index in [0.29, 0.717) is 24.4 Å². The van der Waals surface area contributed by atoms with Crippen molar-refractivity contribution in [1.82, 2.24) is 24.7 Å². The molecular weight excluding hydrogens is 232 g/mol. The fraction of sp³-hybridized carbons (Fsp3) is 0.455. The van der Waals surface area contributed by atoms with E-state index in [-0.39, 0.29) is 0 Å². The third-order valence-corrected chi connectivity index (χ3v) is 2.32. The summed E-state index contributed by atoms with van der Waals surface area (Å²) in [6, 6.07) is 2.17. The summed E-state index contributed by atoms with van der Waals surface area (Å²) in [6.45, 7) is 2.61. The van der Waals surface area contributed by atoms with Crippen LogP contribution in [0.15, 0.2) is 12.3 Å². The summed E-state index contributed by atoms with van der Waals surface area (Å²) in [5.74, 6) is 1.02. The largest absolute Gasteiger partial charge is 0.463 e. The first-order chi connectivity index (χ1) is 8.74. The Hall–Kier alpha value is -2.18. The molecule has 0 saturated carbocycles. The fourth-order valence-electron chi connectivity index (χ4n) is 1.43. The lowest BCUT2D eigenvalue weighted by molar-refractivity contribution is 0.292. The molecule has 0 saturated heterocycles. The Balaban J connectivity index is 2.38. The molecule has 18 heavy (non-hydrogen) atoms. The molecule has 2 rings (SSSR count). The van der Waals surface area contributed by atoms with Crippen molar-refractivity contribution in [2.45, 2.75) is 13.3 Å². The van der Waals surface area contributed by atoms with Crippen molar-refractivity contribution in [2.24, 2.45) is 7.05 Å². The van der Waals surface area contributed by atoms with E-state index in [1.54, 1.807) is 17.9 Å². The number of nitrogens with zero attached hydrogens (tertiary/aromatic N) is 5. The molecule has 0 aliphatic heterocycles. The average Bonchev–Trinajstić information content (AvgIpc) is 2.82. The van der Waals surface area contributed by atoms with E-state index in [4.69, 9.17) is 4.74 Å². The van der Waals surface area contributed by atoms with Crippen molar-refractivity contribution in [1.29, 1.82) is 0 Å². The Kier molecular flexibility index (Phi) is 3.71. The molecule has 0 atom stereocenters. The van der Waals surface area contributed by atoms with Crippen LogP contribution in [0, 0.1) is 0 Å². The van der Waals surface area contributed by atoms with Crippen LogP contribution in [0.5, 0.6) is 6.01 Å². The minimum Gasteiger partial charge on any atom is -0.463 e. The van der Waals surface area contributed by atoms with E-state index in [1.807, 2.05) is 20.0 Å². The van der Waals surface area contributed by atoms with E-state index < -0.39 is 0 Å². The Labute approximate surface area is 105 Å². The highest BCUT2D eigenvalue weighted by Gasteiger charge is 2.11. The van der Waals surface area contributed by atoms with Gasteiger partial charge in [-0.2, -0.15) is 20.1 Å². The van der Waals surface area contributed by atoms with Gasteiger partial charge < -0.3 is 10.1 Å². The summed E-state index contributed by atoms with van der Waals surface area (Å²) in [6.07, 6.45) is 2.60. The highest BCUT2D eigenvalue weighted by molar-refractivity contribution is 5.51. The number of aryl methyl sites for hydroxylation is 1. The summed E-state index contributed by atoms with van der Waals surface area (Å²) in [5.41, 5.74) is 0.815. The SMILES string of the molecule is CCCOc1nc(NC)nc(-c2ccnn2C)n1. The molecule has 0 radical (unpaired) electrons. The fourth-order valence-corrected chi connectivity index (χ4v) is 1.43. The molecule has 0 bridgehead atoms. The Bertz CT molecular complexity index is 524. The van der Waals surface area contributed by atoms with Gasteiger partial charge in [0.15, 0.2) is 5.82 Å². The molecule has 0 unspecified atom stereocenters. The standard InChI is InChI=1S/C11H16N6O/c1-4-7-18-11-15-9(14-10(12-2)16-11)8-5-6-13-17(8)3/h5-6H,4,7H2,1-3H3,(H,12,14,15,16). The smallest absolute Gasteiger partial charge is 0.321 e. The quantitative estimate of drug-likeness (QED) is 0.853. The number of anilines is 1. The van der Waals surface area contributed by atoms with Gasteiger partial charge in [0.05, 0.1) is 6.61 Å². The molecule has 0 spiro atoms. The first-order valence-corrected chi connectivity index (χ1v) is 5.79. The Morgan fingerprint density at radius 2 is 2.17 bits per heavy atom.